The van der Waals surface area contributed by atoms with Crippen LogP contribution in [0.5, 0.6) is 0 Å². The van der Waals surface area contributed by atoms with Crippen LogP contribution in [0.25, 0.3) is 0 Å². The lowest BCUT2D eigenvalue weighted by atomic mass is 9.72. The van der Waals surface area contributed by atoms with E-state index in [-0.39, 0.29) is 11.0 Å². The zero-order valence-electron chi connectivity index (χ0n) is 12.3. The summed E-state index contributed by atoms with van der Waals surface area (Å²) in [5.74, 6) is 5.89. The second-order valence-electron chi connectivity index (χ2n) is 6.45. The quantitative estimate of drug-likeness (QED) is 0.574. The first-order valence-electron chi connectivity index (χ1n) is 7.13. The molecule has 0 spiro atoms. The van der Waals surface area contributed by atoms with Gasteiger partial charge in [0.2, 0.25) is 0 Å². The molecule has 0 heterocycles. The van der Waals surface area contributed by atoms with Crippen LogP contribution in [0.3, 0.4) is 0 Å². The molecular formula is C14H31N3. The van der Waals surface area contributed by atoms with Crippen molar-refractivity contribution in [1.82, 2.24) is 10.3 Å². The maximum Gasteiger partial charge on any atom is 0.0443 e. The van der Waals surface area contributed by atoms with Crippen molar-refractivity contribution >= 4 is 0 Å². The zero-order valence-corrected chi connectivity index (χ0v) is 12.3. The summed E-state index contributed by atoms with van der Waals surface area (Å²) in [5.41, 5.74) is 3.59. The summed E-state index contributed by atoms with van der Waals surface area (Å²) in [6.07, 6.45) is 5.23. The van der Waals surface area contributed by atoms with Crippen molar-refractivity contribution in [2.75, 3.05) is 13.1 Å². The number of nitrogens with zero attached hydrogens (tertiary/aromatic N) is 1. The summed E-state index contributed by atoms with van der Waals surface area (Å²) in [5, 5.41) is 0. The highest BCUT2D eigenvalue weighted by Crippen LogP contribution is 2.43. The highest BCUT2D eigenvalue weighted by atomic mass is 15.3. The van der Waals surface area contributed by atoms with Crippen molar-refractivity contribution in [3.8, 4) is 0 Å². The van der Waals surface area contributed by atoms with Gasteiger partial charge in [0.15, 0.2) is 0 Å². The Balaban J connectivity index is 3.05. The predicted octanol–water partition coefficient (Wildman–Crippen LogP) is 2.52. The smallest absolute Gasteiger partial charge is 0.0443 e. The highest BCUT2D eigenvalue weighted by molar-refractivity contribution is 5.06. The first-order chi connectivity index (χ1) is 7.92. The molecule has 17 heavy (non-hydrogen) atoms. The maximum absolute atomic E-state index is 5.89. The lowest BCUT2D eigenvalue weighted by Gasteiger charge is -2.50. The first kappa shape index (κ1) is 14.9. The third-order valence-corrected chi connectivity index (χ3v) is 4.43. The van der Waals surface area contributed by atoms with E-state index in [1.807, 2.05) is 0 Å². The molecule has 0 saturated heterocycles. The lowest BCUT2D eigenvalue weighted by molar-refractivity contribution is 0.0187. The van der Waals surface area contributed by atoms with Crippen LogP contribution < -0.4 is 11.3 Å². The molecule has 3 heteroatoms. The van der Waals surface area contributed by atoms with Gasteiger partial charge < -0.3 is 0 Å². The summed E-state index contributed by atoms with van der Waals surface area (Å²) in [7, 11) is 0. The van der Waals surface area contributed by atoms with E-state index >= 15 is 0 Å². The molecule has 1 rings (SSSR count). The number of rotatable bonds is 5. The van der Waals surface area contributed by atoms with Crippen molar-refractivity contribution in [2.45, 2.75) is 71.9 Å². The molecule has 0 aromatic rings. The van der Waals surface area contributed by atoms with Crippen molar-refractivity contribution in [1.29, 1.82) is 0 Å². The molecule has 0 aromatic carbocycles. The summed E-state index contributed by atoms with van der Waals surface area (Å²) >= 11 is 0. The summed E-state index contributed by atoms with van der Waals surface area (Å²) in [6, 6.07) is 0.359. The van der Waals surface area contributed by atoms with E-state index in [1.165, 1.54) is 25.7 Å². The fourth-order valence-electron chi connectivity index (χ4n) is 3.84. The molecule has 0 amide bonds. The molecule has 0 aliphatic heterocycles. The van der Waals surface area contributed by atoms with Crippen molar-refractivity contribution < 1.29 is 0 Å². The minimum atomic E-state index is 0.196. The van der Waals surface area contributed by atoms with Crippen LogP contribution in [0.15, 0.2) is 0 Å². The Morgan fingerprint density at radius 3 is 1.94 bits per heavy atom. The fourth-order valence-corrected chi connectivity index (χ4v) is 3.84. The minimum Gasteiger partial charge on any atom is -0.297 e. The second kappa shape index (κ2) is 5.68. The molecule has 3 nitrogen and oxygen atoms in total. The number of likely N-dealkylation sites (N-methyl/N-ethyl adjacent to an activating group) is 1. The van der Waals surface area contributed by atoms with E-state index < -0.39 is 0 Å². The van der Waals surface area contributed by atoms with Crippen LogP contribution in [0.1, 0.15) is 60.3 Å². The topological polar surface area (TPSA) is 41.3 Å². The van der Waals surface area contributed by atoms with E-state index in [0.29, 0.717) is 6.04 Å². The molecular weight excluding hydrogens is 210 g/mol. The van der Waals surface area contributed by atoms with Gasteiger partial charge in [-0.15, -0.1) is 0 Å². The van der Waals surface area contributed by atoms with E-state index in [1.54, 1.807) is 0 Å². The van der Waals surface area contributed by atoms with Crippen molar-refractivity contribution in [3.05, 3.63) is 0 Å². The molecule has 1 aliphatic rings. The van der Waals surface area contributed by atoms with E-state index in [2.05, 4.69) is 44.9 Å². The normalized spacial score (nSPS) is 22.1. The van der Waals surface area contributed by atoms with E-state index in [9.17, 15) is 0 Å². The molecule has 1 saturated carbocycles. The summed E-state index contributed by atoms with van der Waals surface area (Å²) < 4.78 is 0. The standard InChI is InChI=1S/C14H31N3/c1-6-17(7-2)14(10-8-9-11-14)12(16-15)13(3,4)5/h12,16H,6-11,15H2,1-5H3. The van der Waals surface area contributed by atoms with Crippen molar-refractivity contribution in [3.63, 3.8) is 0 Å². The first-order valence-corrected chi connectivity index (χ1v) is 7.13. The Hall–Kier alpha value is -0.120. The Morgan fingerprint density at radius 1 is 1.18 bits per heavy atom. The maximum atomic E-state index is 5.89. The molecule has 1 fully saturated rings. The van der Waals surface area contributed by atoms with Gasteiger partial charge in [0.1, 0.15) is 0 Å². The van der Waals surface area contributed by atoms with Crippen LogP contribution in [0.2, 0.25) is 0 Å². The Labute approximate surface area is 107 Å². The number of nitrogens with two attached hydrogens (primary N) is 1. The molecule has 0 radical (unpaired) electrons. The van der Waals surface area contributed by atoms with Crippen LogP contribution in [0, 0.1) is 5.41 Å². The molecule has 1 unspecified atom stereocenters. The van der Waals surface area contributed by atoms with E-state index in [0.717, 1.165) is 13.1 Å². The number of hydrogen-bond donors (Lipinski definition) is 2. The fraction of sp³-hybridized carbons (Fsp3) is 1.00. The van der Waals surface area contributed by atoms with Gasteiger partial charge in [0.25, 0.3) is 0 Å². The predicted molar refractivity (Wildman–Crippen MR) is 74.7 cm³/mol. The average Bonchev–Trinajstić information content (AvgIpc) is 2.68. The minimum absolute atomic E-state index is 0.196. The second-order valence-corrected chi connectivity index (χ2v) is 6.45. The molecule has 3 N–H and O–H groups in total. The van der Waals surface area contributed by atoms with Gasteiger partial charge in [0.05, 0.1) is 0 Å². The van der Waals surface area contributed by atoms with Crippen LogP contribution in [-0.4, -0.2) is 29.6 Å². The summed E-state index contributed by atoms with van der Waals surface area (Å²) in [6.45, 7) is 13.6. The largest absolute Gasteiger partial charge is 0.297 e. The third-order valence-electron chi connectivity index (χ3n) is 4.43. The molecule has 1 aliphatic carbocycles. The molecule has 0 bridgehead atoms. The van der Waals surface area contributed by atoms with Gasteiger partial charge in [-0.1, -0.05) is 47.5 Å². The Morgan fingerprint density at radius 2 is 1.65 bits per heavy atom. The summed E-state index contributed by atoms with van der Waals surface area (Å²) in [4.78, 5) is 2.62. The zero-order chi connectivity index (χ0) is 13.1. The SMILES string of the molecule is CCN(CC)C1(C(NN)C(C)(C)C)CCCC1. The van der Waals surface area contributed by atoms with Gasteiger partial charge in [-0.05, 0) is 31.3 Å². The lowest BCUT2D eigenvalue weighted by Crippen LogP contribution is -2.65. The highest BCUT2D eigenvalue weighted by Gasteiger charge is 2.48. The van der Waals surface area contributed by atoms with Gasteiger partial charge in [-0.25, -0.2) is 0 Å². The van der Waals surface area contributed by atoms with Crippen LogP contribution in [0.4, 0.5) is 0 Å². The number of nitrogens with one attached hydrogen (secondary N) is 1. The molecule has 1 atom stereocenters. The van der Waals surface area contributed by atoms with Crippen molar-refractivity contribution in [2.24, 2.45) is 11.3 Å². The Kier molecular flexibility index (Phi) is 4.99. The number of hydrogen-bond acceptors (Lipinski definition) is 3. The third kappa shape index (κ3) is 2.83. The molecule has 0 aromatic heterocycles. The number of hydrazine groups is 1. The average molecular weight is 241 g/mol. The monoisotopic (exact) mass is 241 g/mol. The van der Waals surface area contributed by atoms with Gasteiger partial charge in [0, 0.05) is 11.6 Å². The Bertz CT molecular complexity index is 222. The molecule has 102 valence electrons. The van der Waals surface area contributed by atoms with Gasteiger partial charge in [-0.2, -0.15) is 0 Å². The van der Waals surface area contributed by atoms with E-state index in [4.69, 9.17) is 5.84 Å². The van der Waals surface area contributed by atoms with Gasteiger partial charge in [-0.3, -0.25) is 16.2 Å². The van der Waals surface area contributed by atoms with Crippen LogP contribution in [-0.2, 0) is 0 Å². The van der Waals surface area contributed by atoms with Gasteiger partial charge >= 0.3 is 0 Å². The van der Waals surface area contributed by atoms with Crippen LogP contribution >= 0.6 is 0 Å².